The van der Waals surface area contributed by atoms with Crippen LogP contribution in [-0.4, -0.2) is 118 Å². The van der Waals surface area contributed by atoms with Crippen molar-refractivity contribution >= 4 is 64.0 Å². The third-order valence-corrected chi connectivity index (χ3v) is 24.7. The molecule has 4 N–H and O–H groups in total. The molecule has 8 aromatic carbocycles. The van der Waals surface area contributed by atoms with Crippen LogP contribution in [-0.2, 0) is 105 Å². The molecule has 9 atom stereocenters. The summed E-state index contributed by atoms with van der Waals surface area (Å²) in [4.78, 5) is 66.8. The second kappa shape index (κ2) is 46.5. The molecule has 19 nitrogen and oxygen atoms in total. The topological polar surface area (TPSA) is 263 Å². The van der Waals surface area contributed by atoms with Crippen molar-refractivity contribution in [2.45, 2.75) is 200 Å². The molecule has 4 fully saturated rings. The summed E-state index contributed by atoms with van der Waals surface area (Å²) in [6.45, 7) is 2.99. The first-order valence-electron chi connectivity index (χ1n) is 42.9. The lowest BCUT2D eigenvalue weighted by Gasteiger charge is -2.51. The van der Waals surface area contributed by atoms with E-state index in [1.54, 1.807) is 138 Å². The summed E-state index contributed by atoms with van der Waals surface area (Å²) >= 11 is 15.9. The van der Waals surface area contributed by atoms with E-state index < -0.39 is 147 Å². The fourth-order valence-electron chi connectivity index (χ4n) is 16.2. The predicted octanol–water partition coefficient (Wildman–Crippen LogP) is 23.6. The maximum Gasteiger partial charge on any atom is 0.416 e. The van der Waals surface area contributed by atoms with Gasteiger partial charge in [0, 0.05) is 44.1 Å². The number of piperidine rings is 3. The van der Waals surface area contributed by atoms with Gasteiger partial charge < -0.3 is 45.0 Å². The van der Waals surface area contributed by atoms with E-state index in [-0.39, 0.29) is 130 Å². The van der Waals surface area contributed by atoms with E-state index >= 15 is 0 Å². The van der Waals surface area contributed by atoms with E-state index in [9.17, 15) is 119 Å². The summed E-state index contributed by atoms with van der Waals surface area (Å²) in [7, 11) is 0. The largest absolute Gasteiger partial charge is 0.445 e. The van der Waals surface area contributed by atoms with Gasteiger partial charge in [-0.25, -0.2) is 9.59 Å². The van der Waals surface area contributed by atoms with Crippen molar-refractivity contribution in [1.82, 2.24) is 25.3 Å². The Morgan fingerprint density at radius 3 is 1.14 bits per heavy atom. The fourth-order valence-corrected chi connectivity index (χ4v) is 16.6. The number of halogens is 21. The van der Waals surface area contributed by atoms with Crippen LogP contribution >= 0.6 is 34.8 Å². The number of nitriles is 3. The SMILES string of the molecule is C[C@@H](OC[C@@]1(c2ccccc2)CC[C@@](N)(C#N)CN1C(=O)OCc1ccccc1)c1cc(C(F)(F)F)cc(C(F)(F)F)c1.C[C@@H](OC[C@@]1(c2ccccc2)CC[C@](C#N)(N2CCCC2=O)CN1)c1cc(C(F)(F)F)cc(C(F)(F)F)c1.C[C@@H](OC[C@@]1(c2ccccc2)CC[C@](C#N)(NC(=O)CCCCl)CN1C(=O)OCc1ccccc1)c1cc(C(F)(F)F)cc(C(F)(F)F)c1.O=C(Cl)CCCCl. The molecule has 0 saturated carbocycles. The number of nitrogens with two attached hydrogens (primary N) is 1. The van der Waals surface area contributed by atoms with Crippen molar-refractivity contribution in [3.05, 3.63) is 284 Å². The van der Waals surface area contributed by atoms with Crippen molar-refractivity contribution in [2.24, 2.45) is 5.73 Å². The van der Waals surface area contributed by atoms with E-state index in [0.29, 0.717) is 116 Å². The van der Waals surface area contributed by atoms with Gasteiger partial charge in [0.25, 0.3) is 0 Å². The quantitative estimate of drug-likeness (QED) is 0.0245. The van der Waals surface area contributed by atoms with Crippen molar-refractivity contribution in [2.75, 3.05) is 57.8 Å². The first-order valence-corrected chi connectivity index (χ1v) is 44.4. The van der Waals surface area contributed by atoms with Gasteiger partial charge in [0.05, 0.1) is 119 Å². The van der Waals surface area contributed by atoms with Gasteiger partial charge in [0.1, 0.15) is 29.8 Å². The number of benzene rings is 8. The molecule has 0 aromatic heterocycles. The zero-order chi connectivity index (χ0) is 101. The van der Waals surface area contributed by atoms with E-state index in [4.69, 9.17) is 64.2 Å². The van der Waals surface area contributed by atoms with Gasteiger partial charge in [-0.05, 0) is 189 Å². The Bertz CT molecular complexity index is 5420. The molecule has 137 heavy (non-hydrogen) atoms. The zero-order valence-electron chi connectivity index (χ0n) is 73.9. The maximum atomic E-state index is 14.0. The van der Waals surface area contributed by atoms with Crippen molar-refractivity contribution in [1.29, 1.82) is 15.8 Å². The Balaban J connectivity index is 0.000000223. The van der Waals surface area contributed by atoms with Crippen LogP contribution in [0, 0.1) is 34.0 Å². The number of ether oxygens (including phenoxy) is 5. The lowest BCUT2D eigenvalue weighted by Crippen LogP contribution is -2.66. The van der Waals surface area contributed by atoms with Crippen LogP contribution in [0.15, 0.2) is 206 Å². The minimum Gasteiger partial charge on any atom is -0.445 e. The van der Waals surface area contributed by atoms with E-state index in [0.717, 1.165) is 5.56 Å². The van der Waals surface area contributed by atoms with Crippen LogP contribution in [0.5, 0.6) is 0 Å². The zero-order valence-corrected chi connectivity index (χ0v) is 76.2. The molecule has 0 spiro atoms. The van der Waals surface area contributed by atoms with Crippen LogP contribution in [0.25, 0.3) is 0 Å². The van der Waals surface area contributed by atoms with Gasteiger partial charge in [0.15, 0.2) is 0 Å². The van der Waals surface area contributed by atoms with Gasteiger partial charge in [-0.1, -0.05) is 152 Å². The van der Waals surface area contributed by atoms with Gasteiger partial charge in [-0.15, -0.1) is 23.2 Å². The molecular weight excluding hydrogens is 1900 g/mol. The summed E-state index contributed by atoms with van der Waals surface area (Å²) in [5, 5.41) is 35.9. The number of nitrogens with zero attached hydrogens (tertiary/aromatic N) is 6. The molecule has 0 bridgehead atoms. The molecule has 4 heterocycles. The smallest absolute Gasteiger partial charge is 0.416 e. The molecule has 12 rings (SSSR count). The summed E-state index contributed by atoms with van der Waals surface area (Å²) in [6.07, 6.45) is -32.0. The molecule has 4 aliphatic rings. The maximum absolute atomic E-state index is 14.0. The van der Waals surface area contributed by atoms with Crippen LogP contribution in [0.1, 0.15) is 194 Å². The molecule has 40 heteroatoms. The van der Waals surface area contributed by atoms with Gasteiger partial charge in [-0.2, -0.15) is 94.8 Å². The molecule has 4 amide bonds. The van der Waals surface area contributed by atoms with Crippen molar-refractivity contribution in [3.8, 4) is 18.2 Å². The van der Waals surface area contributed by atoms with Gasteiger partial charge in [-0.3, -0.25) is 24.2 Å². The molecule has 0 unspecified atom stereocenters. The van der Waals surface area contributed by atoms with Crippen LogP contribution in [0.2, 0.25) is 0 Å². The molecule has 8 aromatic rings. The second-order valence-corrected chi connectivity index (χ2v) is 34.6. The lowest BCUT2D eigenvalue weighted by atomic mass is 9.75. The van der Waals surface area contributed by atoms with Crippen LogP contribution in [0.3, 0.4) is 0 Å². The number of nitrogens with one attached hydrogen (secondary N) is 2. The monoisotopic (exact) mass is 1990 g/mol. The third-order valence-electron chi connectivity index (χ3n) is 24.0. The Morgan fingerprint density at radius 2 is 0.818 bits per heavy atom. The summed E-state index contributed by atoms with van der Waals surface area (Å²) in [6, 6.07) is 54.2. The lowest BCUT2D eigenvalue weighted by molar-refractivity contribution is -0.145. The minimum atomic E-state index is -5.06. The Labute approximate surface area is 793 Å². The highest BCUT2D eigenvalue weighted by molar-refractivity contribution is 6.63. The number of carbonyl (C=O) groups is 5. The summed E-state index contributed by atoms with van der Waals surface area (Å²) < 4.78 is 272. The van der Waals surface area contributed by atoms with Gasteiger partial charge in [0.2, 0.25) is 17.1 Å². The molecule has 4 saturated heterocycles. The fraction of sp³-hybridized carbons (Fsp3) is 0.423. The molecule has 0 radical (unpaired) electrons. The van der Waals surface area contributed by atoms with E-state index in [2.05, 4.69) is 22.8 Å². The number of amides is 4. The first kappa shape index (κ1) is 109. The third kappa shape index (κ3) is 29.0. The van der Waals surface area contributed by atoms with Crippen LogP contribution in [0.4, 0.5) is 88.6 Å². The Morgan fingerprint density at radius 1 is 0.460 bits per heavy atom. The summed E-state index contributed by atoms with van der Waals surface area (Å²) in [5.74, 6) is 0.184. The van der Waals surface area contributed by atoms with Crippen LogP contribution < -0.4 is 16.4 Å². The highest BCUT2D eigenvalue weighted by Gasteiger charge is 2.56. The van der Waals surface area contributed by atoms with Crippen molar-refractivity contribution < 1.29 is 127 Å². The number of rotatable bonds is 27. The van der Waals surface area contributed by atoms with E-state index in [1.165, 1.54) is 30.6 Å². The van der Waals surface area contributed by atoms with E-state index in [1.807, 2.05) is 24.3 Å². The normalized spacial score (nSPS) is 21.5. The Hall–Kier alpha value is -11.2. The first-order chi connectivity index (χ1) is 64.4. The molecule has 736 valence electrons. The van der Waals surface area contributed by atoms with Gasteiger partial charge >= 0.3 is 49.2 Å². The molecular formula is C97H96Cl3F18N9O10. The number of hydrogen-bond donors (Lipinski definition) is 3. The minimum absolute atomic E-state index is 0.00388. The number of hydrogen-bond acceptors (Lipinski definition) is 15. The Kier molecular flexibility index (Phi) is 37.1. The number of alkyl halides is 20. The highest BCUT2D eigenvalue weighted by atomic mass is 35.5. The number of likely N-dealkylation sites (tertiary alicyclic amines) is 3. The number of carbonyl (C=O) groups excluding carboxylic acids is 5. The average Bonchev–Trinajstić information content (AvgIpc) is 1.10. The predicted molar refractivity (Wildman–Crippen MR) is 468 cm³/mol. The molecule has 0 aliphatic carbocycles. The van der Waals surface area contributed by atoms with Crippen molar-refractivity contribution in [3.63, 3.8) is 0 Å². The standard InChI is InChI=1S/C35H34ClF6N3O4.C31H29F6N3O3.C27H27F6N3O2.C4H6Cl2O/c1-24(26-17-28(34(37,38)39)19-29(18-26)35(40,41)42)49-23-33(27-11-6-3-7-12-27)15-14-32(21-43,44-30(46)13-8-16-36)22-45(33)31(47)48-20-25-9-4-2-5-10-25;1-21(23-14-25(30(32,33)34)16-26(15-23)31(35,36)37)43-20-29(24-10-6-3-7-11-24)13-12-28(39,18-38)19-40(29)27(41)42-17-22-8-4-2-5-9-22;1-18(19-12-21(26(28,29)30)14-22(13-19)27(31,32)33)38-17-25(20-6-3-2-4-7-20)10-9-24(15-34,16-35-25)36-11-5-8-23(36)37;5-3-1-2-4(6)7/h2-7,9-12,17-19,24H,8,13-16,20,22-23H2,1H3,(H,44,46);2-11,14-16,21H,12-13,17,19-20,39H2,1H3;2-4,6-7,12-14,18,35H,5,8-11,16-17H2,1H3;1-3H2/t24-,32-,33-;21-,28-,29-;18-,24-,25-;/m111./s1. The second-order valence-electron chi connectivity index (χ2n) is 33.5. The summed E-state index contributed by atoms with van der Waals surface area (Å²) in [5.41, 5.74) is -7.76. The molecule has 4 aliphatic heterocycles. The average molecular weight is 2000 g/mol. The highest BCUT2D eigenvalue weighted by Crippen LogP contribution is 2.49.